The maximum Gasteiger partial charge on any atom is 0.416 e. The molecular weight excluding hydrogens is 485 g/mol. The molecule has 37 heavy (non-hydrogen) atoms. The second kappa shape index (κ2) is 17.1. The molecule has 0 aromatic heterocycles. The lowest BCUT2D eigenvalue weighted by atomic mass is 10.0. The van der Waals surface area contributed by atoms with Gasteiger partial charge in [0.1, 0.15) is 17.2 Å². The van der Waals surface area contributed by atoms with E-state index >= 15 is 0 Å². The summed E-state index contributed by atoms with van der Waals surface area (Å²) >= 11 is 0. The SMILES string of the molecule is CCCCCCCCCCCCOc1ccc(-c2ccc(C(F)(F)F)cc2OCOC)c(OCOC)c1. The highest BCUT2D eigenvalue weighted by Crippen LogP contribution is 2.41. The molecular formula is C29H41F3O5. The first kappa shape index (κ1) is 30.8. The second-order valence-electron chi connectivity index (χ2n) is 9.00. The number of hydrogen-bond acceptors (Lipinski definition) is 5. The van der Waals surface area contributed by atoms with Crippen molar-refractivity contribution in [3.8, 4) is 28.4 Å². The standard InChI is InChI=1S/C29H41F3O5/c1-4-5-6-7-8-9-10-11-12-13-18-35-24-15-17-26(28(20-24)37-22-34-3)25-16-14-23(29(30,31)32)19-27(25)36-21-33-2/h14-17,19-20H,4-13,18,21-22H2,1-3H3. The van der Waals surface area contributed by atoms with Crippen molar-refractivity contribution in [3.05, 3.63) is 42.0 Å². The van der Waals surface area contributed by atoms with E-state index in [4.69, 9.17) is 23.7 Å². The summed E-state index contributed by atoms with van der Waals surface area (Å²) in [5, 5.41) is 0. The van der Waals surface area contributed by atoms with Gasteiger partial charge < -0.3 is 23.7 Å². The lowest BCUT2D eigenvalue weighted by Crippen LogP contribution is -2.08. The van der Waals surface area contributed by atoms with E-state index in [1.54, 1.807) is 18.2 Å². The predicted octanol–water partition coefficient (Wildman–Crippen LogP) is 8.64. The van der Waals surface area contributed by atoms with E-state index in [1.165, 1.54) is 71.7 Å². The fraction of sp³-hybridized carbons (Fsp3) is 0.586. The summed E-state index contributed by atoms with van der Waals surface area (Å²) in [6.07, 6.45) is 7.97. The minimum atomic E-state index is -4.49. The third-order valence-corrected chi connectivity index (χ3v) is 5.98. The Morgan fingerprint density at radius 2 is 1.14 bits per heavy atom. The monoisotopic (exact) mass is 526 g/mol. The van der Waals surface area contributed by atoms with Crippen LogP contribution in [0, 0.1) is 0 Å². The summed E-state index contributed by atoms with van der Waals surface area (Å²) in [7, 11) is 2.90. The molecule has 208 valence electrons. The molecule has 0 amide bonds. The van der Waals surface area contributed by atoms with Crippen molar-refractivity contribution in [2.24, 2.45) is 0 Å². The average Bonchev–Trinajstić information content (AvgIpc) is 2.88. The van der Waals surface area contributed by atoms with Gasteiger partial charge in [-0.1, -0.05) is 64.7 Å². The van der Waals surface area contributed by atoms with E-state index < -0.39 is 11.7 Å². The molecule has 0 radical (unpaired) electrons. The molecule has 8 heteroatoms. The van der Waals surface area contributed by atoms with Crippen LogP contribution in [0.2, 0.25) is 0 Å². The number of benzene rings is 2. The smallest absolute Gasteiger partial charge is 0.416 e. The quantitative estimate of drug-likeness (QED) is 0.135. The summed E-state index contributed by atoms with van der Waals surface area (Å²) in [4.78, 5) is 0. The Balaban J connectivity index is 2.01. The van der Waals surface area contributed by atoms with Crippen molar-refractivity contribution < 1.29 is 36.9 Å². The van der Waals surface area contributed by atoms with Gasteiger partial charge in [0.25, 0.3) is 0 Å². The molecule has 0 saturated heterocycles. The Morgan fingerprint density at radius 3 is 1.68 bits per heavy atom. The van der Waals surface area contributed by atoms with Gasteiger partial charge in [-0.25, -0.2) is 0 Å². The van der Waals surface area contributed by atoms with E-state index in [0.717, 1.165) is 25.0 Å². The minimum absolute atomic E-state index is 0.0240. The molecule has 0 aliphatic heterocycles. The molecule has 5 nitrogen and oxygen atoms in total. The number of ether oxygens (including phenoxy) is 5. The van der Waals surface area contributed by atoms with E-state index in [9.17, 15) is 13.2 Å². The van der Waals surface area contributed by atoms with Crippen molar-refractivity contribution in [2.75, 3.05) is 34.4 Å². The van der Waals surface area contributed by atoms with Crippen LogP contribution in [0.1, 0.15) is 76.7 Å². The average molecular weight is 527 g/mol. The van der Waals surface area contributed by atoms with Gasteiger partial charge in [0.05, 0.1) is 12.2 Å². The molecule has 0 aliphatic rings. The van der Waals surface area contributed by atoms with Gasteiger partial charge >= 0.3 is 6.18 Å². The molecule has 0 unspecified atom stereocenters. The molecule has 0 aliphatic carbocycles. The van der Waals surface area contributed by atoms with Crippen molar-refractivity contribution >= 4 is 0 Å². The van der Waals surface area contributed by atoms with Crippen molar-refractivity contribution in [1.82, 2.24) is 0 Å². The maximum absolute atomic E-state index is 13.3. The molecule has 0 N–H and O–H groups in total. The fourth-order valence-electron chi connectivity index (χ4n) is 4.00. The van der Waals surface area contributed by atoms with Gasteiger partial charge in [-0.2, -0.15) is 13.2 Å². The Bertz CT molecular complexity index is 902. The Kier molecular flexibility index (Phi) is 14.2. The van der Waals surface area contributed by atoms with E-state index in [2.05, 4.69) is 6.92 Å². The normalized spacial score (nSPS) is 11.5. The van der Waals surface area contributed by atoms with Gasteiger partial charge in [0, 0.05) is 31.4 Å². The number of rotatable bonds is 19. The molecule has 0 atom stereocenters. The largest absolute Gasteiger partial charge is 0.493 e. The maximum atomic E-state index is 13.3. The molecule has 0 heterocycles. The molecule has 0 saturated carbocycles. The van der Waals surface area contributed by atoms with Crippen LogP contribution in [0.15, 0.2) is 36.4 Å². The Hall–Kier alpha value is -2.45. The Morgan fingerprint density at radius 1 is 0.622 bits per heavy atom. The van der Waals surface area contributed by atoms with Crippen LogP contribution >= 0.6 is 0 Å². The third-order valence-electron chi connectivity index (χ3n) is 5.98. The minimum Gasteiger partial charge on any atom is -0.493 e. The second-order valence-corrected chi connectivity index (χ2v) is 9.00. The zero-order valence-electron chi connectivity index (χ0n) is 22.3. The van der Waals surface area contributed by atoms with Crippen LogP contribution in [0.25, 0.3) is 11.1 Å². The first-order chi connectivity index (χ1) is 17.9. The first-order valence-electron chi connectivity index (χ1n) is 13.1. The summed E-state index contributed by atoms with van der Waals surface area (Å²) < 4.78 is 66.9. The highest BCUT2D eigenvalue weighted by Gasteiger charge is 2.31. The van der Waals surface area contributed by atoms with Crippen molar-refractivity contribution in [1.29, 1.82) is 0 Å². The van der Waals surface area contributed by atoms with Crippen molar-refractivity contribution in [2.45, 2.75) is 77.3 Å². The van der Waals surface area contributed by atoms with E-state index in [1.807, 2.05) is 0 Å². The summed E-state index contributed by atoms with van der Waals surface area (Å²) in [5.41, 5.74) is 0.193. The van der Waals surface area contributed by atoms with Crippen LogP contribution in [-0.4, -0.2) is 34.4 Å². The molecule has 2 rings (SSSR count). The molecule has 2 aromatic rings. The third kappa shape index (κ3) is 11.2. The first-order valence-corrected chi connectivity index (χ1v) is 13.1. The zero-order chi connectivity index (χ0) is 26.9. The predicted molar refractivity (Wildman–Crippen MR) is 139 cm³/mol. The highest BCUT2D eigenvalue weighted by molar-refractivity contribution is 5.77. The van der Waals surface area contributed by atoms with Crippen LogP contribution in [-0.2, 0) is 15.7 Å². The lowest BCUT2D eigenvalue weighted by Gasteiger charge is -2.18. The number of hydrogen-bond donors (Lipinski definition) is 0. The number of alkyl halides is 3. The summed E-state index contributed by atoms with van der Waals surface area (Å²) in [6.45, 7) is 2.60. The van der Waals surface area contributed by atoms with Gasteiger partial charge in [-0.3, -0.25) is 0 Å². The van der Waals surface area contributed by atoms with Gasteiger partial charge in [0.2, 0.25) is 0 Å². The number of halogens is 3. The van der Waals surface area contributed by atoms with Crippen molar-refractivity contribution in [3.63, 3.8) is 0 Å². The number of methoxy groups -OCH3 is 2. The zero-order valence-corrected chi connectivity index (χ0v) is 22.3. The summed E-state index contributed by atoms with van der Waals surface area (Å²) in [6, 6.07) is 8.61. The molecule has 0 fully saturated rings. The van der Waals surface area contributed by atoms with E-state index in [-0.39, 0.29) is 19.3 Å². The topological polar surface area (TPSA) is 46.2 Å². The van der Waals surface area contributed by atoms with Gasteiger partial charge in [-0.15, -0.1) is 0 Å². The summed E-state index contributed by atoms with van der Waals surface area (Å²) in [5.74, 6) is 1.08. The van der Waals surface area contributed by atoms with Gasteiger partial charge in [0.15, 0.2) is 13.6 Å². The van der Waals surface area contributed by atoms with Crippen LogP contribution in [0.5, 0.6) is 17.2 Å². The van der Waals surface area contributed by atoms with Crippen LogP contribution < -0.4 is 14.2 Å². The molecule has 2 aromatic carbocycles. The lowest BCUT2D eigenvalue weighted by molar-refractivity contribution is -0.137. The van der Waals surface area contributed by atoms with Gasteiger partial charge in [-0.05, 0) is 36.8 Å². The fourth-order valence-corrected chi connectivity index (χ4v) is 4.00. The number of unbranched alkanes of at least 4 members (excludes halogenated alkanes) is 9. The highest BCUT2D eigenvalue weighted by atomic mass is 19.4. The molecule has 0 bridgehead atoms. The molecule has 0 spiro atoms. The van der Waals surface area contributed by atoms with Crippen LogP contribution in [0.4, 0.5) is 13.2 Å². The Labute approximate surface area is 219 Å². The van der Waals surface area contributed by atoms with Crippen LogP contribution in [0.3, 0.4) is 0 Å². The van der Waals surface area contributed by atoms with E-state index in [0.29, 0.717) is 29.2 Å².